The highest BCUT2D eigenvalue weighted by atomic mass is 32.2. The minimum atomic E-state index is -0.729. The van der Waals surface area contributed by atoms with Gasteiger partial charge in [-0.05, 0) is 12.8 Å². The van der Waals surface area contributed by atoms with Crippen molar-refractivity contribution >= 4 is 23.8 Å². The number of amides is 2. The summed E-state index contributed by atoms with van der Waals surface area (Å²) >= 11 is 1.87. The van der Waals surface area contributed by atoms with Gasteiger partial charge in [-0.25, -0.2) is 4.79 Å². The summed E-state index contributed by atoms with van der Waals surface area (Å²) in [5.41, 5.74) is 4.50. The highest BCUT2D eigenvalue weighted by Gasteiger charge is 2.42. The van der Waals surface area contributed by atoms with Gasteiger partial charge in [0, 0.05) is 17.4 Å². The van der Waals surface area contributed by atoms with Gasteiger partial charge < -0.3 is 15.7 Å². The lowest BCUT2D eigenvalue weighted by Gasteiger charge is -2.16. The first kappa shape index (κ1) is 14.7. The Hall–Kier alpha value is -1.31. The van der Waals surface area contributed by atoms with Gasteiger partial charge in [-0.1, -0.05) is 12.0 Å². The second-order valence-corrected chi connectivity index (χ2v) is 5.53. The lowest BCUT2D eigenvalue weighted by Crippen LogP contribution is -2.36. The number of urea groups is 1. The number of thioether (sulfide) groups is 1. The van der Waals surface area contributed by atoms with E-state index in [1.807, 2.05) is 11.8 Å². The van der Waals surface area contributed by atoms with Crippen LogP contribution < -0.4 is 10.6 Å². The molecule has 2 amide bonds. The number of carboxylic acid groups (broad SMARTS) is 1. The Balaban J connectivity index is 0.000000771. The number of unbranched alkanes of at least 4 members (excludes halogenated alkanes) is 1. The van der Waals surface area contributed by atoms with Crippen LogP contribution in [0.1, 0.15) is 25.7 Å². The smallest absolute Gasteiger partial charge is 0.315 e. The molecule has 0 bridgehead atoms. The van der Waals surface area contributed by atoms with Crippen LogP contribution in [0.3, 0.4) is 0 Å². The molecule has 0 aromatic heterocycles. The van der Waals surface area contributed by atoms with Crippen molar-refractivity contribution in [2.75, 3.05) is 5.75 Å². The number of fused-ring (bicyclic) bond motifs is 1. The molecule has 8 heteroatoms. The van der Waals surface area contributed by atoms with Crippen molar-refractivity contribution in [3.8, 4) is 0 Å². The third-order valence-electron chi connectivity index (χ3n) is 3.07. The standard InChI is InChI=1S/C10H16N2O3S.HNO/c13-8(14)4-2-1-3-7-9-6(5-16-7)11-10(15)12-9;1-2/h6-7,9H,1-5H2,(H,13,14)(H2,11,12,15);1H/t6-,7-,9-;/m0./s1. The molecule has 3 atom stereocenters. The third kappa shape index (κ3) is 3.86. The zero-order valence-electron chi connectivity index (χ0n) is 9.85. The van der Waals surface area contributed by atoms with Crippen molar-refractivity contribution in [1.29, 1.82) is 5.59 Å². The van der Waals surface area contributed by atoms with Crippen LogP contribution in [0, 0.1) is 10.5 Å². The van der Waals surface area contributed by atoms with E-state index in [0.717, 1.165) is 25.0 Å². The summed E-state index contributed by atoms with van der Waals surface area (Å²) in [4.78, 5) is 29.0. The van der Waals surface area contributed by atoms with Gasteiger partial charge in [-0.15, -0.1) is 0 Å². The van der Waals surface area contributed by atoms with Gasteiger partial charge in [-0.2, -0.15) is 16.7 Å². The number of hydrogen-bond acceptors (Lipinski definition) is 5. The van der Waals surface area contributed by atoms with Crippen LogP contribution in [0.2, 0.25) is 0 Å². The van der Waals surface area contributed by atoms with Crippen molar-refractivity contribution < 1.29 is 14.7 Å². The summed E-state index contributed by atoms with van der Waals surface area (Å²) in [7, 11) is 0. The largest absolute Gasteiger partial charge is 0.481 e. The maximum atomic E-state index is 11.1. The minimum absolute atomic E-state index is 0.0640. The molecule has 102 valence electrons. The van der Waals surface area contributed by atoms with Gasteiger partial charge >= 0.3 is 12.0 Å². The first-order chi connectivity index (χ1) is 8.66. The maximum absolute atomic E-state index is 11.1. The number of aliphatic carboxylic acids is 1. The number of carboxylic acids is 1. The number of rotatable bonds is 5. The van der Waals surface area contributed by atoms with Crippen LogP contribution in [-0.2, 0) is 4.79 Å². The predicted molar refractivity (Wildman–Crippen MR) is 67.7 cm³/mol. The Bertz CT molecular complexity index is 315. The molecule has 2 heterocycles. The fourth-order valence-electron chi connectivity index (χ4n) is 2.26. The highest BCUT2D eigenvalue weighted by Crippen LogP contribution is 2.33. The molecular weight excluding hydrogens is 258 g/mol. The van der Waals surface area contributed by atoms with Crippen molar-refractivity contribution in [2.24, 2.45) is 0 Å². The molecule has 7 nitrogen and oxygen atoms in total. The van der Waals surface area contributed by atoms with Gasteiger partial charge in [0.2, 0.25) is 0 Å². The van der Waals surface area contributed by atoms with Gasteiger partial charge in [0.15, 0.2) is 0 Å². The monoisotopic (exact) mass is 275 g/mol. The van der Waals surface area contributed by atoms with Crippen LogP contribution in [0.25, 0.3) is 0 Å². The van der Waals surface area contributed by atoms with Crippen LogP contribution in [0.5, 0.6) is 0 Å². The van der Waals surface area contributed by atoms with E-state index in [1.54, 1.807) is 0 Å². The summed E-state index contributed by atoms with van der Waals surface area (Å²) in [5.74, 6) is 0.236. The molecule has 2 aliphatic heterocycles. The van der Waals surface area contributed by atoms with E-state index >= 15 is 0 Å². The normalized spacial score (nSPS) is 28.7. The fourth-order valence-corrected chi connectivity index (χ4v) is 3.81. The maximum Gasteiger partial charge on any atom is 0.315 e. The fraction of sp³-hybridized carbons (Fsp3) is 0.800. The molecule has 0 unspecified atom stereocenters. The van der Waals surface area contributed by atoms with E-state index in [4.69, 9.17) is 10.0 Å². The predicted octanol–water partition coefficient (Wildman–Crippen LogP) is 1.13. The number of nitroso groups, excluding NO2 is 1. The molecule has 0 saturated carbocycles. The Morgan fingerprint density at radius 1 is 1.39 bits per heavy atom. The second kappa shape index (κ2) is 7.20. The number of nitrogens with one attached hydrogen (secondary N) is 3. The highest BCUT2D eigenvalue weighted by molar-refractivity contribution is 8.00. The molecule has 18 heavy (non-hydrogen) atoms. The Labute approximate surface area is 109 Å². The topological polar surface area (TPSA) is 119 Å². The summed E-state index contributed by atoms with van der Waals surface area (Å²) in [6.07, 6.45) is 2.88. The Morgan fingerprint density at radius 3 is 2.78 bits per heavy atom. The molecule has 2 aliphatic rings. The summed E-state index contributed by atoms with van der Waals surface area (Å²) < 4.78 is 0. The second-order valence-electron chi connectivity index (χ2n) is 4.26. The van der Waals surface area contributed by atoms with Crippen molar-refractivity contribution in [1.82, 2.24) is 10.6 Å². The molecular formula is C10H17N3O4S. The van der Waals surface area contributed by atoms with Crippen LogP contribution in [0.4, 0.5) is 4.79 Å². The molecule has 0 spiro atoms. The van der Waals surface area contributed by atoms with Gasteiger partial charge in [-0.3, -0.25) is 4.79 Å². The van der Waals surface area contributed by atoms with Crippen molar-refractivity contribution in [2.45, 2.75) is 43.0 Å². The summed E-state index contributed by atoms with van der Waals surface area (Å²) in [6.45, 7) is 0. The minimum Gasteiger partial charge on any atom is -0.481 e. The van der Waals surface area contributed by atoms with Crippen LogP contribution in [0.15, 0.2) is 0 Å². The third-order valence-corrected chi connectivity index (χ3v) is 4.58. The van der Waals surface area contributed by atoms with E-state index in [9.17, 15) is 9.59 Å². The molecule has 0 aliphatic carbocycles. The molecule has 2 fully saturated rings. The summed E-state index contributed by atoms with van der Waals surface area (Å²) in [6, 6.07) is 0.440. The Morgan fingerprint density at radius 2 is 2.11 bits per heavy atom. The van der Waals surface area contributed by atoms with Crippen LogP contribution in [-0.4, -0.2) is 40.2 Å². The van der Waals surface area contributed by atoms with Crippen molar-refractivity contribution in [3.05, 3.63) is 4.91 Å². The van der Waals surface area contributed by atoms with E-state index < -0.39 is 5.97 Å². The van der Waals surface area contributed by atoms with E-state index in [0.29, 0.717) is 5.25 Å². The average Bonchev–Trinajstić information content (AvgIpc) is 2.87. The van der Waals surface area contributed by atoms with Gasteiger partial charge in [0.1, 0.15) is 0 Å². The first-order valence-corrected chi connectivity index (χ1v) is 6.82. The molecule has 0 aromatic carbocycles. The van der Waals surface area contributed by atoms with Gasteiger partial charge in [0.05, 0.1) is 12.1 Å². The Kier molecular flexibility index (Phi) is 5.90. The summed E-state index contributed by atoms with van der Waals surface area (Å²) in [5, 5.41) is 14.8. The lowest BCUT2D eigenvalue weighted by atomic mass is 10.0. The number of carbonyl (C=O) groups excluding carboxylic acids is 1. The van der Waals surface area contributed by atoms with Gasteiger partial charge in [0.25, 0.3) is 0 Å². The average molecular weight is 275 g/mol. The number of hydrogen-bond donors (Lipinski definition) is 4. The number of carbonyl (C=O) groups is 2. The molecule has 2 rings (SSSR count). The molecule has 0 radical (unpaired) electrons. The quantitative estimate of drug-likeness (QED) is 0.340. The zero-order valence-corrected chi connectivity index (χ0v) is 10.7. The first-order valence-electron chi connectivity index (χ1n) is 5.77. The van der Waals surface area contributed by atoms with E-state index in [1.165, 1.54) is 0 Å². The van der Waals surface area contributed by atoms with E-state index in [-0.39, 0.29) is 24.5 Å². The van der Waals surface area contributed by atoms with Crippen LogP contribution >= 0.6 is 11.8 Å². The van der Waals surface area contributed by atoms with E-state index in [2.05, 4.69) is 16.2 Å². The molecule has 4 N–H and O–H groups in total. The zero-order chi connectivity index (χ0) is 13.5. The molecule has 0 aromatic rings. The molecule has 2 saturated heterocycles. The lowest BCUT2D eigenvalue weighted by molar-refractivity contribution is -0.137. The SMILES string of the molecule is N=O.O=C(O)CCCC[C@@H]1SC[C@@H]2NC(=O)N[C@@H]21. The van der Waals surface area contributed by atoms with Crippen molar-refractivity contribution in [3.63, 3.8) is 0 Å².